The maximum absolute atomic E-state index is 10.7. The van der Waals surface area contributed by atoms with Gasteiger partial charge in [0.2, 0.25) is 0 Å². The van der Waals surface area contributed by atoms with E-state index in [-0.39, 0.29) is 24.4 Å². The van der Waals surface area contributed by atoms with Crippen LogP contribution < -0.4 is 28.9 Å². The van der Waals surface area contributed by atoms with Crippen LogP contribution in [-0.4, -0.2) is 28.5 Å². The van der Waals surface area contributed by atoms with Gasteiger partial charge in [-0.1, -0.05) is 0 Å². The molecule has 0 amide bonds. The average molecular weight is 249 g/mol. The first-order valence-electron chi connectivity index (χ1n) is 5.89. The van der Waals surface area contributed by atoms with E-state index in [9.17, 15) is 9.90 Å². The topological polar surface area (TPSA) is 69.2 Å². The molecule has 0 saturated carbocycles. The van der Waals surface area contributed by atoms with Crippen LogP contribution in [0.15, 0.2) is 24.5 Å². The summed E-state index contributed by atoms with van der Waals surface area (Å²) in [7, 11) is 0. The number of hydrogen-bond donors (Lipinski definition) is 0. The normalized spacial score (nSPS) is 17.7. The molecule has 0 aliphatic carbocycles. The number of pyridine rings is 2. The smallest absolute Gasteiger partial charge is 0.545 e. The molecule has 3 rings (SSSR count). The maximum atomic E-state index is 10.7. The monoisotopic (exact) mass is 249 g/mol. The molecule has 5 nitrogen and oxygen atoms in total. The molecule has 1 fully saturated rings. The number of carbonyl (C=O) groups excluding carboxylic acids is 1. The first-order chi connectivity index (χ1) is 8.65. The molecule has 0 aromatic carbocycles. The zero-order chi connectivity index (χ0) is 12.7. The first-order valence-corrected chi connectivity index (χ1v) is 5.89. The van der Waals surface area contributed by atoms with Gasteiger partial charge in [-0.15, -0.1) is 0 Å². The fraction of sp³-hybridized carbons (Fsp3) is 0.308. The van der Waals surface area contributed by atoms with E-state index in [1.54, 1.807) is 6.20 Å². The second-order valence-electron chi connectivity index (χ2n) is 4.58. The van der Waals surface area contributed by atoms with E-state index in [0.717, 1.165) is 17.9 Å². The largest absolute Gasteiger partial charge is 1.00 e. The Hall–Kier alpha value is -1.57. The number of carboxylic acids is 1. The van der Waals surface area contributed by atoms with Crippen molar-refractivity contribution >= 4 is 22.7 Å². The minimum Gasteiger partial charge on any atom is -0.545 e. The SMILES string of the molecule is CC1CCN1c1cc2ncc(C(=O)[O-])cc2cn1.[Li+]. The number of nitrogens with zero attached hydrogens (tertiary/aromatic N) is 3. The van der Waals surface area contributed by atoms with Gasteiger partial charge < -0.3 is 14.8 Å². The minimum absolute atomic E-state index is 0. The zero-order valence-electron chi connectivity index (χ0n) is 11.0. The number of carbonyl (C=O) groups is 1. The summed E-state index contributed by atoms with van der Waals surface area (Å²) < 4.78 is 0. The number of carboxylic acid groups (broad SMARTS) is 1. The van der Waals surface area contributed by atoms with Gasteiger partial charge in [-0.2, -0.15) is 0 Å². The first kappa shape index (κ1) is 13.8. The molecule has 6 heteroatoms. The predicted molar refractivity (Wildman–Crippen MR) is 65.3 cm³/mol. The summed E-state index contributed by atoms with van der Waals surface area (Å²) in [6, 6.07) is 3.94. The van der Waals surface area contributed by atoms with Crippen LogP contribution in [0.4, 0.5) is 5.82 Å². The van der Waals surface area contributed by atoms with Gasteiger partial charge in [0.25, 0.3) is 0 Å². The molecule has 92 valence electrons. The third-order valence-corrected chi connectivity index (χ3v) is 3.40. The van der Waals surface area contributed by atoms with Gasteiger partial charge >= 0.3 is 18.9 Å². The zero-order valence-corrected chi connectivity index (χ0v) is 11.0. The molecule has 1 saturated heterocycles. The second kappa shape index (κ2) is 5.20. The van der Waals surface area contributed by atoms with Crippen molar-refractivity contribution in [2.24, 2.45) is 0 Å². The molecule has 1 aliphatic rings. The maximum Gasteiger partial charge on any atom is 1.00 e. The molecule has 0 bridgehead atoms. The molecular formula is C13H12LiN3O2. The predicted octanol–water partition coefficient (Wildman–Crippen LogP) is -2.40. The number of fused-ring (bicyclic) bond motifs is 1. The van der Waals surface area contributed by atoms with Crippen molar-refractivity contribution in [3.8, 4) is 0 Å². The molecule has 0 radical (unpaired) electrons. The Kier molecular flexibility index (Phi) is 3.79. The van der Waals surface area contributed by atoms with Gasteiger partial charge in [0.1, 0.15) is 5.82 Å². The van der Waals surface area contributed by atoms with Gasteiger partial charge in [-0.05, 0) is 19.4 Å². The number of aromatic nitrogens is 2. The van der Waals surface area contributed by atoms with Gasteiger partial charge in [0.05, 0.1) is 11.5 Å². The van der Waals surface area contributed by atoms with Crippen LogP contribution in [-0.2, 0) is 0 Å². The third kappa shape index (κ3) is 2.44. The van der Waals surface area contributed by atoms with Crippen LogP contribution in [0, 0.1) is 0 Å². The molecule has 1 aliphatic heterocycles. The van der Waals surface area contributed by atoms with Crippen LogP contribution in [0.3, 0.4) is 0 Å². The van der Waals surface area contributed by atoms with Gasteiger partial charge in [0, 0.05) is 42.0 Å². The number of hydrogen-bond acceptors (Lipinski definition) is 5. The van der Waals surface area contributed by atoms with Crippen molar-refractivity contribution in [2.45, 2.75) is 19.4 Å². The van der Waals surface area contributed by atoms with E-state index in [2.05, 4.69) is 21.8 Å². The molecule has 1 atom stereocenters. The van der Waals surface area contributed by atoms with E-state index in [4.69, 9.17) is 0 Å². The molecule has 2 aromatic rings. The number of anilines is 1. The van der Waals surface area contributed by atoms with E-state index >= 15 is 0 Å². The minimum atomic E-state index is -1.22. The standard InChI is InChI=1S/C13H13N3O2.Li/c1-8-2-3-16(8)12-5-11-9(6-15-12)4-10(7-14-11)13(17)18;/h4-8H,2-3H2,1H3,(H,17,18);/q;+1/p-1. The summed E-state index contributed by atoms with van der Waals surface area (Å²) in [5.74, 6) is -0.320. The quantitative estimate of drug-likeness (QED) is 0.555. The molecular weight excluding hydrogens is 237 g/mol. The van der Waals surface area contributed by atoms with Crippen molar-refractivity contribution in [1.82, 2.24) is 9.97 Å². The number of rotatable bonds is 2. The summed E-state index contributed by atoms with van der Waals surface area (Å²) in [5.41, 5.74) is 0.832. The molecule has 19 heavy (non-hydrogen) atoms. The van der Waals surface area contributed by atoms with Crippen LogP contribution in [0.5, 0.6) is 0 Å². The van der Waals surface area contributed by atoms with E-state index in [0.29, 0.717) is 11.4 Å². The summed E-state index contributed by atoms with van der Waals surface area (Å²) >= 11 is 0. The van der Waals surface area contributed by atoms with Crippen molar-refractivity contribution in [3.05, 3.63) is 30.1 Å². The van der Waals surface area contributed by atoms with Gasteiger partial charge in [-0.25, -0.2) is 4.98 Å². The Balaban J connectivity index is 0.00000133. The second-order valence-corrected chi connectivity index (χ2v) is 4.58. The summed E-state index contributed by atoms with van der Waals surface area (Å²) in [6.45, 7) is 3.17. The molecule has 0 N–H and O–H groups in total. The fourth-order valence-corrected chi connectivity index (χ4v) is 2.14. The Morgan fingerprint density at radius 1 is 1.37 bits per heavy atom. The summed E-state index contributed by atoms with van der Waals surface area (Å²) in [4.78, 5) is 21.4. The Morgan fingerprint density at radius 3 is 2.74 bits per heavy atom. The molecule has 1 unspecified atom stereocenters. The van der Waals surface area contributed by atoms with Crippen molar-refractivity contribution < 1.29 is 28.8 Å². The third-order valence-electron chi connectivity index (χ3n) is 3.40. The van der Waals surface area contributed by atoms with Crippen molar-refractivity contribution in [3.63, 3.8) is 0 Å². The van der Waals surface area contributed by atoms with Crippen molar-refractivity contribution in [2.75, 3.05) is 11.4 Å². The summed E-state index contributed by atoms with van der Waals surface area (Å²) in [6.07, 6.45) is 4.16. The fourth-order valence-electron chi connectivity index (χ4n) is 2.14. The van der Waals surface area contributed by atoms with Gasteiger partial charge in [-0.3, -0.25) is 4.98 Å². The number of aromatic carboxylic acids is 1. The van der Waals surface area contributed by atoms with Crippen LogP contribution in [0.2, 0.25) is 0 Å². The van der Waals surface area contributed by atoms with Crippen LogP contribution in [0.1, 0.15) is 23.7 Å². The Bertz CT molecular complexity index is 632. The van der Waals surface area contributed by atoms with Gasteiger partial charge in [0.15, 0.2) is 0 Å². The Morgan fingerprint density at radius 2 is 2.16 bits per heavy atom. The van der Waals surface area contributed by atoms with E-state index in [1.807, 2.05) is 6.07 Å². The van der Waals surface area contributed by atoms with Crippen molar-refractivity contribution in [1.29, 1.82) is 0 Å². The Labute approximate surface area is 122 Å². The van der Waals surface area contributed by atoms with E-state index < -0.39 is 5.97 Å². The van der Waals surface area contributed by atoms with Crippen LogP contribution >= 0.6 is 0 Å². The van der Waals surface area contributed by atoms with E-state index in [1.165, 1.54) is 18.7 Å². The average Bonchev–Trinajstić information content (AvgIpc) is 2.36. The molecule has 3 heterocycles. The summed E-state index contributed by atoms with van der Waals surface area (Å²) in [5, 5.41) is 11.5. The molecule has 2 aromatic heterocycles. The van der Waals surface area contributed by atoms with Crippen LogP contribution in [0.25, 0.3) is 10.9 Å². The molecule has 0 spiro atoms.